The van der Waals surface area contributed by atoms with E-state index in [1.165, 1.54) is 17.0 Å². The molecule has 11 heteroatoms. The summed E-state index contributed by atoms with van der Waals surface area (Å²) in [6.45, 7) is 5.77. The zero-order chi connectivity index (χ0) is 27.0. The molecule has 0 bridgehead atoms. The van der Waals surface area contributed by atoms with Crippen LogP contribution in [0.3, 0.4) is 0 Å². The van der Waals surface area contributed by atoms with Gasteiger partial charge < -0.3 is 10.2 Å². The van der Waals surface area contributed by atoms with Crippen LogP contribution >= 0.6 is 34.8 Å². The molecule has 36 heavy (non-hydrogen) atoms. The SMILES string of the molecule is CC[C@@H](C)NC(=O)[C@H](C)N(Cc1ccc(Cl)cc1)C(=O)CCCN(c1cc(Cl)ccc1Cl)S(C)(=O)=O. The standard InChI is InChI=1S/C25H32Cl3N3O4S/c1-5-17(2)29-25(33)18(3)30(16-19-8-10-20(26)11-9-19)24(32)7-6-14-31(36(4,34)35)23-15-21(27)12-13-22(23)28/h8-13,15,17-18H,5-7,14,16H2,1-4H3,(H,29,33)/t17-,18+/m1/s1. The first kappa shape index (κ1) is 30.2. The molecule has 7 nitrogen and oxygen atoms in total. The molecule has 2 aromatic rings. The molecule has 0 spiro atoms. The van der Waals surface area contributed by atoms with Crippen LogP contribution in [0.1, 0.15) is 45.6 Å². The fraction of sp³-hybridized carbons (Fsp3) is 0.440. The van der Waals surface area contributed by atoms with Gasteiger partial charge in [0.05, 0.1) is 17.0 Å². The van der Waals surface area contributed by atoms with Crippen LogP contribution in [0.15, 0.2) is 42.5 Å². The summed E-state index contributed by atoms with van der Waals surface area (Å²) in [5.41, 5.74) is 1.07. The van der Waals surface area contributed by atoms with Crippen molar-refractivity contribution in [3.8, 4) is 0 Å². The first-order valence-electron chi connectivity index (χ1n) is 11.6. The highest BCUT2D eigenvalue weighted by atomic mass is 35.5. The Morgan fingerprint density at radius 3 is 2.19 bits per heavy atom. The predicted molar refractivity (Wildman–Crippen MR) is 147 cm³/mol. The number of amides is 2. The average molecular weight is 577 g/mol. The Labute approximate surface area is 228 Å². The van der Waals surface area contributed by atoms with Crippen LogP contribution in [0.25, 0.3) is 0 Å². The first-order valence-corrected chi connectivity index (χ1v) is 14.6. The Bertz CT molecular complexity index is 1160. The summed E-state index contributed by atoms with van der Waals surface area (Å²) in [7, 11) is -3.69. The van der Waals surface area contributed by atoms with Crippen molar-refractivity contribution in [3.05, 3.63) is 63.1 Å². The number of nitrogens with one attached hydrogen (secondary N) is 1. The van der Waals surface area contributed by atoms with E-state index in [0.717, 1.165) is 22.5 Å². The number of nitrogens with zero attached hydrogens (tertiary/aromatic N) is 2. The van der Waals surface area contributed by atoms with Gasteiger partial charge in [-0.1, -0.05) is 53.9 Å². The van der Waals surface area contributed by atoms with Gasteiger partial charge in [0.2, 0.25) is 21.8 Å². The van der Waals surface area contributed by atoms with E-state index in [0.29, 0.717) is 10.0 Å². The van der Waals surface area contributed by atoms with Crippen LogP contribution in [-0.2, 0) is 26.2 Å². The van der Waals surface area contributed by atoms with E-state index in [4.69, 9.17) is 34.8 Å². The summed E-state index contributed by atoms with van der Waals surface area (Å²) in [5, 5.41) is 4.06. The lowest BCUT2D eigenvalue weighted by molar-refractivity contribution is -0.140. The molecule has 198 valence electrons. The average Bonchev–Trinajstić information content (AvgIpc) is 2.81. The van der Waals surface area contributed by atoms with Gasteiger partial charge in [-0.2, -0.15) is 0 Å². The Balaban J connectivity index is 2.20. The van der Waals surface area contributed by atoms with Crippen LogP contribution in [0.4, 0.5) is 5.69 Å². The van der Waals surface area contributed by atoms with Crippen molar-refractivity contribution in [1.29, 1.82) is 0 Å². The maximum Gasteiger partial charge on any atom is 0.242 e. The number of halogens is 3. The van der Waals surface area contributed by atoms with Crippen molar-refractivity contribution < 1.29 is 18.0 Å². The van der Waals surface area contributed by atoms with E-state index in [9.17, 15) is 18.0 Å². The summed E-state index contributed by atoms with van der Waals surface area (Å²) >= 11 is 18.3. The van der Waals surface area contributed by atoms with Gasteiger partial charge in [0, 0.05) is 35.6 Å². The van der Waals surface area contributed by atoms with Crippen LogP contribution in [0.5, 0.6) is 0 Å². The zero-order valence-corrected chi connectivity index (χ0v) is 23.9. The topological polar surface area (TPSA) is 86.8 Å². The maximum absolute atomic E-state index is 13.3. The Hall–Kier alpha value is -2.00. The van der Waals surface area contributed by atoms with Gasteiger partial charge in [-0.25, -0.2) is 8.42 Å². The molecule has 0 fully saturated rings. The molecule has 0 radical (unpaired) electrons. The number of carbonyl (C=O) groups is 2. The minimum Gasteiger partial charge on any atom is -0.352 e. The van der Waals surface area contributed by atoms with Crippen molar-refractivity contribution in [2.45, 2.75) is 58.7 Å². The molecule has 0 aliphatic rings. The Morgan fingerprint density at radius 2 is 1.61 bits per heavy atom. The highest BCUT2D eigenvalue weighted by Gasteiger charge is 2.27. The highest BCUT2D eigenvalue weighted by molar-refractivity contribution is 7.92. The molecule has 0 saturated heterocycles. The van der Waals surface area contributed by atoms with Crippen molar-refractivity contribution >= 4 is 62.3 Å². The van der Waals surface area contributed by atoms with Crippen LogP contribution in [-0.4, -0.2) is 50.0 Å². The summed E-state index contributed by atoms with van der Waals surface area (Å²) in [6.07, 6.45) is 2.07. The molecule has 0 heterocycles. The quantitative estimate of drug-likeness (QED) is 0.360. The summed E-state index contributed by atoms with van der Waals surface area (Å²) in [5.74, 6) is -0.530. The van der Waals surface area contributed by atoms with E-state index < -0.39 is 16.1 Å². The summed E-state index contributed by atoms with van der Waals surface area (Å²) in [4.78, 5) is 27.6. The molecule has 0 aliphatic heterocycles. The van der Waals surface area contributed by atoms with Gasteiger partial charge in [-0.05, 0) is 62.6 Å². The number of benzene rings is 2. The number of hydrogen-bond acceptors (Lipinski definition) is 4. The number of anilines is 1. The number of carbonyl (C=O) groups excluding carboxylic acids is 2. The highest BCUT2D eigenvalue weighted by Crippen LogP contribution is 2.31. The van der Waals surface area contributed by atoms with Gasteiger partial charge in [0.1, 0.15) is 6.04 Å². The second kappa shape index (κ2) is 13.5. The lowest BCUT2D eigenvalue weighted by Crippen LogP contribution is -2.49. The van der Waals surface area contributed by atoms with Gasteiger partial charge in [0.25, 0.3) is 0 Å². The minimum absolute atomic E-state index is 0.0207. The molecule has 2 rings (SSSR count). The fourth-order valence-electron chi connectivity index (χ4n) is 3.49. The Morgan fingerprint density at radius 1 is 1.00 bits per heavy atom. The van der Waals surface area contributed by atoms with Crippen LogP contribution in [0.2, 0.25) is 15.1 Å². The third-order valence-electron chi connectivity index (χ3n) is 5.76. The molecule has 0 saturated carbocycles. The molecule has 2 amide bonds. The van der Waals surface area contributed by atoms with Crippen LogP contribution < -0.4 is 9.62 Å². The largest absolute Gasteiger partial charge is 0.352 e. The molecule has 1 N–H and O–H groups in total. The molecule has 2 atom stereocenters. The smallest absolute Gasteiger partial charge is 0.242 e. The monoisotopic (exact) mass is 575 g/mol. The van der Waals surface area contributed by atoms with Gasteiger partial charge in [-0.15, -0.1) is 0 Å². The summed E-state index contributed by atoms with van der Waals surface area (Å²) in [6, 6.07) is 10.9. The van der Waals surface area contributed by atoms with E-state index in [1.807, 2.05) is 13.8 Å². The maximum atomic E-state index is 13.3. The lowest BCUT2D eigenvalue weighted by atomic mass is 10.1. The second-order valence-electron chi connectivity index (χ2n) is 8.68. The third kappa shape index (κ3) is 8.83. The van der Waals surface area contributed by atoms with Crippen molar-refractivity contribution in [2.24, 2.45) is 0 Å². The zero-order valence-electron chi connectivity index (χ0n) is 20.8. The fourth-order valence-corrected chi connectivity index (χ4v) is 5.03. The van der Waals surface area contributed by atoms with Gasteiger partial charge >= 0.3 is 0 Å². The number of sulfonamides is 1. The molecule has 0 aromatic heterocycles. The predicted octanol–water partition coefficient (Wildman–Crippen LogP) is 5.53. The van der Waals surface area contributed by atoms with Crippen molar-refractivity contribution in [3.63, 3.8) is 0 Å². The molecule has 0 aliphatic carbocycles. The van der Waals surface area contributed by atoms with Gasteiger partial charge in [0.15, 0.2) is 0 Å². The minimum atomic E-state index is -3.69. The van der Waals surface area contributed by atoms with Crippen molar-refractivity contribution in [2.75, 3.05) is 17.1 Å². The summed E-state index contributed by atoms with van der Waals surface area (Å²) < 4.78 is 26.1. The molecule has 2 aromatic carbocycles. The lowest BCUT2D eigenvalue weighted by Gasteiger charge is -2.30. The number of rotatable bonds is 12. The molecular formula is C25H32Cl3N3O4S. The van der Waals surface area contributed by atoms with Crippen molar-refractivity contribution in [1.82, 2.24) is 10.2 Å². The van der Waals surface area contributed by atoms with E-state index >= 15 is 0 Å². The van der Waals surface area contributed by atoms with Crippen LogP contribution in [0, 0.1) is 0 Å². The normalized spacial score (nSPS) is 13.1. The second-order valence-corrected chi connectivity index (χ2v) is 11.9. The molecule has 0 unspecified atom stereocenters. The first-order chi connectivity index (χ1) is 16.8. The van der Waals surface area contributed by atoms with Gasteiger partial charge in [-0.3, -0.25) is 13.9 Å². The molecular weight excluding hydrogens is 545 g/mol. The van der Waals surface area contributed by atoms with E-state index in [-0.39, 0.29) is 54.5 Å². The van der Waals surface area contributed by atoms with E-state index in [2.05, 4.69) is 5.32 Å². The Kier molecular flexibility index (Phi) is 11.3. The third-order valence-corrected chi connectivity index (χ3v) is 7.75. The van der Waals surface area contributed by atoms with E-state index in [1.54, 1.807) is 37.3 Å². The number of hydrogen-bond donors (Lipinski definition) is 1.